The zero-order chi connectivity index (χ0) is 13.9. The third-order valence-corrected chi connectivity index (χ3v) is 4.11. The number of rotatable bonds is 6. The van der Waals surface area contributed by atoms with Crippen molar-refractivity contribution < 1.29 is 4.79 Å². The molecule has 1 aromatic carbocycles. The molecule has 0 aliphatic heterocycles. The highest BCUT2D eigenvalue weighted by atomic mass is 16.1. The van der Waals surface area contributed by atoms with E-state index in [1.54, 1.807) is 0 Å². The lowest BCUT2D eigenvalue weighted by atomic mass is 9.82. The van der Waals surface area contributed by atoms with Crippen LogP contribution in [0.5, 0.6) is 0 Å². The molecule has 1 aliphatic rings. The SMILES string of the molecule is CN(CC1CCC1)CC(C)(C)C(=O)c1ccccc1. The highest BCUT2D eigenvalue weighted by molar-refractivity contribution is 6.00. The summed E-state index contributed by atoms with van der Waals surface area (Å²) < 4.78 is 0. The number of ketones is 1. The predicted octanol–water partition coefficient (Wildman–Crippen LogP) is 3.63. The average Bonchev–Trinajstić information content (AvgIpc) is 2.33. The predicted molar refractivity (Wildman–Crippen MR) is 79.4 cm³/mol. The second-order valence-electron chi connectivity index (χ2n) is 6.57. The van der Waals surface area contributed by atoms with Gasteiger partial charge < -0.3 is 4.90 Å². The van der Waals surface area contributed by atoms with Crippen molar-refractivity contribution in [3.05, 3.63) is 35.9 Å². The Morgan fingerprint density at radius 3 is 2.42 bits per heavy atom. The molecule has 1 aromatic rings. The van der Waals surface area contributed by atoms with Gasteiger partial charge in [-0.2, -0.15) is 0 Å². The minimum absolute atomic E-state index is 0.244. The first-order valence-corrected chi connectivity index (χ1v) is 7.27. The van der Waals surface area contributed by atoms with Crippen molar-refractivity contribution in [2.24, 2.45) is 11.3 Å². The number of carbonyl (C=O) groups is 1. The van der Waals surface area contributed by atoms with E-state index in [0.717, 1.165) is 24.6 Å². The van der Waals surface area contributed by atoms with E-state index in [2.05, 4.69) is 25.8 Å². The van der Waals surface area contributed by atoms with Gasteiger partial charge in [-0.05, 0) is 25.8 Å². The molecular weight excluding hydrogens is 234 g/mol. The summed E-state index contributed by atoms with van der Waals surface area (Å²) in [6, 6.07) is 9.64. The Kier molecular flexibility index (Phi) is 4.41. The molecule has 1 saturated carbocycles. The molecule has 0 aromatic heterocycles. The third kappa shape index (κ3) is 3.66. The fourth-order valence-electron chi connectivity index (χ4n) is 2.91. The molecule has 2 nitrogen and oxygen atoms in total. The molecule has 2 rings (SSSR count). The van der Waals surface area contributed by atoms with Crippen LogP contribution >= 0.6 is 0 Å². The molecule has 0 radical (unpaired) electrons. The van der Waals surface area contributed by atoms with Crippen LogP contribution in [0.2, 0.25) is 0 Å². The smallest absolute Gasteiger partial charge is 0.169 e. The summed E-state index contributed by atoms with van der Waals surface area (Å²) >= 11 is 0. The Labute approximate surface area is 116 Å². The maximum atomic E-state index is 12.5. The van der Waals surface area contributed by atoms with Crippen LogP contribution in [-0.2, 0) is 0 Å². The molecular formula is C17H25NO. The minimum Gasteiger partial charge on any atom is -0.305 e. The molecule has 104 valence electrons. The molecule has 0 bridgehead atoms. The van der Waals surface area contributed by atoms with Crippen LogP contribution in [0, 0.1) is 11.3 Å². The standard InChI is InChI=1S/C17H25NO/c1-17(2,13-18(3)12-14-8-7-9-14)16(19)15-10-5-4-6-11-15/h4-6,10-11,14H,7-9,12-13H2,1-3H3. The number of hydrogen-bond donors (Lipinski definition) is 0. The quantitative estimate of drug-likeness (QED) is 0.727. The second kappa shape index (κ2) is 5.87. The first-order valence-electron chi connectivity index (χ1n) is 7.27. The molecule has 0 amide bonds. The Morgan fingerprint density at radius 2 is 1.89 bits per heavy atom. The molecule has 0 saturated heterocycles. The van der Waals surface area contributed by atoms with E-state index in [1.165, 1.54) is 19.3 Å². The van der Waals surface area contributed by atoms with E-state index in [9.17, 15) is 4.79 Å². The van der Waals surface area contributed by atoms with Crippen molar-refractivity contribution in [3.8, 4) is 0 Å². The van der Waals surface area contributed by atoms with Crippen LogP contribution in [0.3, 0.4) is 0 Å². The second-order valence-corrected chi connectivity index (χ2v) is 6.57. The Bertz CT molecular complexity index is 420. The van der Waals surface area contributed by atoms with Crippen molar-refractivity contribution >= 4 is 5.78 Å². The fourth-order valence-corrected chi connectivity index (χ4v) is 2.91. The van der Waals surface area contributed by atoms with Crippen LogP contribution in [-0.4, -0.2) is 30.8 Å². The monoisotopic (exact) mass is 259 g/mol. The summed E-state index contributed by atoms with van der Waals surface area (Å²) in [5, 5.41) is 0. The first-order chi connectivity index (χ1) is 8.99. The Balaban J connectivity index is 1.94. The maximum absolute atomic E-state index is 12.5. The number of benzene rings is 1. The van der Waals surface area contributed by atoms with Gasteiger partial charge in [0.2, 0.25) is 0 Å². The normalized spacial score (nSPS) is 16.4. The Morgan fingerprint density at radius 1 is 1.26 bits per heavy atom. The first kappa shape index (κ1) is 14.3. The number of nitrogens with zero attached hydrogens (tertiary/aromatic N) is 1. The van der Waals surface area contributed by atoms with E-state index >= 15 is 0 Å². The topological polar surface area (TPSA) is 20.3 Å². The lowest BCUT2D eigenvalue weighted by Gasteiger charge is -2.34. The van der Waals surface area contributed by atoms with Crippen LogP contribution in [0.25, 0.3) is 0 Å². The third-order valence-electron chi connectivity index (χ3n) is 4.11. The van der Waals surface area contributed by atoms with E-state index < -0.39 is 0 Å². The number of Topliss-reactive ketones (excluding diaryl/α,β-unsaturated/α-hetero) is 1. The van der Waals surface area contributed by atoms with Crippen LogP contribution in [0.4, 0.5) is 0 Å². The zero-order valence-electron chi connectivity index (χ0n) is 12.4. The van der Waals surface area contributed by atoms with Gasteiger partial charge in [0.05, 0.1) is 0 Å². The van der Waals surface area contributed by atoms with E-state index in [0.29, 0.717) is 0 Å². The van der Waals surface area contributed by atoms with Gasteiger partial charge in [0.1, 0.15) is 0 Å². The van der Waals surface area contributed by atoms with Gasteiger partial charge in [0.15, 0.2) is 5.78 Å². The van der Waals surface area contributed by atoms with E-state index in [4.69, 9.17) is 0 Å². The van der Waals surface area contributed by atoms with Crippen molar-refractivity contribution in [2.75, 3.05) is 20.1 Å². The van der Waals surface area contributed by atoms with Crippen LogP contribution in [0.1, 0.15) is 43.5 Å². The van der Waals surface area contributed by atoms with E-state index in [-0.39, 0.29) is 11.2 Å². The molecule has 0 N–H and O–H groups in total. The van der Waals surface area contributed by atoms with Gasteiger partial charge in [-0.25, -0.2) is 0 Å². The zero-order valence-corrected chi connectivity index (χ0v) is 12.4. The molecule has 1 fully saturated rings. The lowest BCUT2D eigenvalue weighted by Crippen LogP contribution is -2.40. The number of hydrogen-bond acceptors (Lipinski definition) is 2. The molecule has 2 heteroatoms. The highest BCUT2D eigenvalue weighted by Crippen LogP contribution is 2.28. The van der Waals surface area contributed by atoms with Gasteiger partial charge in [-0.1, -0.05) is 50.6 Å². The summed E-state index contributed by atoms with van der Waals surface area (Å²) in [5.41, 5.74) is 0.504. The highest BCUT2D eigenvalue weighted by Gasteiger charge is 2.31. The van der Waals surface area contributed by atoms with E-state index in [1.807, 2.05) is 30.3 Å². The van der Waals surface area contributed by atoms with Crippen molar-refractivity contribution in [1.82, 2.24) is 4.90 Å². The molecule has 0 spiro atoms. The van der Waals surface area contributed by atoms with Gasteiger partial charge in [0, 0.05) is 24.1 Å². The van der Waals surface area contributed by atoms with Crippen LogP contribution < -0.4 is 0 Å². The van der Waals surface area contributed by atoms with Gasteiger partial charge in [-0.15, -0.1) is 0 Å². The minimum atomic E-state index is -0.320. The van der Waals surface area contributed by atoms with Gasteiger partial charge in [-0.3, -0.25) is 4.79 Å². The molecule has 1 aliphatic carbocycles. The largest absolute Gasteiger partial charge is 0.305 e. The summed E-state index contributed by atoms with van der Waals surface area (Å²) in [6.45, 7) is 6.07. The fraction of sp³-hybridized carbons (Fsp3) is 0.588. The molecule has 0 atom stereocenters. The van der Waals surface area contributed by atoms with Gasteiger partial charge >= 0.3 is 0 Å². The molecule has 19 heavy (non-hydrogen) atoms. The number of carbonyl (C=O) groups excluding carboxylic acids is 1. The van der Waals surface area contributed by atoms with Crippen molar-refractivity contribution in [3.63, 3.8) is 0 Å². The molecule has 0 unspecified atom stereocenters. The van der Waals surface area contributed by atoms with Gasteiger partial charge in [0.25, 0.3) is 0 Å². The summed E-state index contributed by atoms with van der Waals surface area (Å²) in [6.07, 6.45) is 4.10. The van der Waals surface area contributed by atoms with Crippen LogP contribution in [0.15, 0.2) is 30.3 Å². The van der Waals surface area contributed by atoms with Crippen molar-refractivity contribution in [2.45, 2.75) is 33.1 Å². The average molecular weight is 259 g/mol. The Hall–Kier alpha value is -1.15. The maximum Gasteiger partial charge on any atom is 0.169 e. The summed E-state index contributed by atoms with van der Waals surface area (Å²) in [7, 11) is 2.14. The lowest BCUT2D eigenvalue weighted by molar-refractivity contribution is 0.0757. The summed E-state index contributed by atoms with van der Waals surface area (Å²) in [4.78, 5) is 14.9. The molecule has 0 heterocycles. The van der Waals surface area contributed by atoms with Crippen molar-refractivity contribution in [1.29, 1.82) is 0 Å². The summed E-state index contributed by atoms with van der Waals surface area (Å²) in [5.74, 6) is 1.10.